The van der Waals surface area contributed by atoms with E-state index >= 15 is 0 Å². The third-order valence-electron chi connectivity index (χ3n) is 3.63. The summed E-state index contributed by atoms with van der Waals surface area (Å²) in [7, 11) is 0. The number of hydrogen-bond donors (Lipinski definition) is 1. The van der Waals surface area contributed by atoms with Crippen LogP contribution in [0, 0.1) is 19.7 Å². The Kier molecular flexibility index (Phi) is 5.38. The monoisotopic (exact) mass is 305 g/mol. The molecule has 3 heteroatoms. The predicted octanol–water partition coefficient (Wildman–Crippen LogP) is 4.99. The normalized spacial score (nSPS) is 12.4. The molecule has 0 saturated carbocycles. The summed E-state index contributed by atoms with van der Waals surface area (Å²) in [5, 5.41) is 4.11. The van der Waals surface area contributed by atoms with Crippen LogP contribution in [-0.4, -0.2) is 6.54 Å². The molecule has 112 valence electrons. The lowest BCUT2D eigenvalue weighted by molar-refractivity contribution is 0.506. The highest BCUT2D eigenvalue weighted by molar-refractivity contribution is 6.30. The standard InChI is InChI=1S/C18H21ClFN/c1-4-21-17(11-14-5-7-15(19)8-6-14)18-13(3)9-12(2)10-16(18)20/h5-10,17,21H,4,11H2,1-3H3. The fraction of sp³-hybridized carbons (Fsp3) is 0.333. The van der Waals surface area contributed by atoms with Crippen LogP contribution in [0.4, 0.5) is 4.39 Å². The Morgan fingerprint density at radius 2 is 1.81 bits per heavy atom. The topological polar surface area (TPSA) is 12.0 Å². The van der Waals surface area contributed by atoms with Gasteiger partial charge in [0.2, 0.25) is 0 Å². The summed E-state index contributed by atoms with van der Waals surface area (Å²) < 4.78 is 14.4. The van der Waals surface area contributed by atoms with E-state index in [9.17, 15) is 4.39 Å². The van der Waals surface area contributed by atoms with Gasteiger partial charge in [-0.3, -0.25) is 0 Å². The van der Waals surface area contributed by atoms with E-state index in [1.54, 1.807) is 6.07 Å². The first-order valence-electron chi connectivity index (χ1n) is 7.25. The lowest BCUT2D eigenvalue weighted by atomic mass is 9.93. The van der Waals surface area contributed by atoms with Crippen molar-refractivity contribution in [1.29, 1.82) is 0 Å². The minimum Gasteiger partial charge on any atom is -0.310 e. The van der Waals surface area contributed by atoms with Gasteiger partial charge in [0.25, 0.3) is 0 Å². The molecule has 0 aromatic heterocycles. The van der Waals surface area contributed by atoms with Crippen LogP contribution in [0.1, 0.15) is 35.2 Å². The van der Waals surface area contributed by atoms with Crippen LogP contribution >= 0.6 is 11.6 Å². The molecule has 0 amide bonds. The molecule has 0 aliphatic rings. The fourth-order valence-electron chi connectivity index (χ4n) is 2.75. The summed E-state index contributed by atoms with van der Waals surface area (Å²) in [4.78, 5) is 0. The van der Waals surface area contributed by atoms with Crippen molar-refractivity contribution in [3.05, 3.63) is 69.5 Å². The Bertz CT molecular complexity index is 584. The minimum atomic E-state index is -0.132. The summed E-state index contributed by atoms with van der Waals surface area (Å²) in [6.45, 7) is 6.72. The van der Waals surface area contributed by atoms with Crippen molar-refractivity contribution in [1.82, 2.24) is 5.32 Å². The van der Waals surface area contributed by atoms with E-state index in [0.717, 1.165) is 40.2 Å². The molecule has 1 nitrogen and oxygen atoms in total. The largest absolute Gasteiger partial charge is 0.310 e. The maximum Gasteiger partial charge on any atom is 0.128 e. The molecule has 0 aliphatic heterocycles. The van der Waals surface area contributed by atoms with E-state index < -0.39 is 0 Å². The van der Waals surface area contributed by atoms with Crippen molar-refractivity contribution < 1.29 is 4.39 Å². The van der Waals surface area contributed by atoms with Gasteiger partial charge >= 0.3 is 0 Å². The van der Waals surface area contributed by atoms with Gasteiger partial charge in [0.15, 0.2) is 0 Å². The van der Waals surface area contributed by atoms with E-state index in [1.165, 1.54) is 0 Å². The highest BCUT2D eigenvalue weighted by atomic mass is 35.5. The smallest absolute Gasteiger partial charge is 0.128 e. The third-order valence-corrected chi connectivity index (χ3v) is 3.88. The van der Waals surface area contributed by atoms with Crippen molar-refractivity contribution in [2.24, 2.45) is 0 Å². The Balaban J connectivity index is 2.33. The maximum absolute atomic E-state index is 14.4. The molecule has 1 unspecified atom stereocenters. The zero-order valence-electron chi connectivity index (χ0n) is 12.7. The van der Waals surface area contributed by atoms with Crippen LogP contribution in [0.3, 0.4) is 0 Å². The third kappa shape index (κ3) is 4.05. The van der Waals surface area contributed by atoms with Crippen molar-refractivity contribution in [2.75, 3.05) is 6.54 Å². The zero-order valence-corrected chi connectivity index (χ0v) is 13.5. The Morgan fingerprint density at radius 3 is 2.38 bits per heavy atom. The van der Waals surface area contributed by atoms with Crippen LogP contribution in [0.2, 0.25) is 5.02 Å². The lowest BCUT2D eigenvalue weighted by Gasteiger charge is -2.22. The molecular formula is C18H21ClFN. The first-order chi connectivity index (χ1) is 10.0. The highest BCUT2D eigenvalue weighted by Gasteiger charge is 2.18. The molecule has 0 heterocycles. The summed E-state index contributed by atoms with van der Waals surface area (Å²) in [5.41, 5.74) is 3.85. The number of hydrogen-bond acceptors (Lipinski definition) is 1. The number of benzene rings is 2. The van der Waals surface area contributed by atoms with Gasteiger partial charge in [-0.15, -0.1) is 0 Å². The molecule has 1 atom stereocenters. The van der Waals surface area contributed by atoms with Gasteiger partial charge in [-0.25, -0.2) is 4.39 Å². The van der Waals surface area contributed by atoms with Crippen molar-refractivity contribution >= 4 is 11.6 Å². The molecule has 0 bridgehead atoms. The van der Waals surface area contributed by atoms with Crippen molar-refractivity contribution in [3.63, 3.8) is 0 Å². The number of aryl methyl sites for hydroxylation is 2. The zero-order chi connectivity index (χ0) is 15.4. The average Bonchev–Trinajstić information content (AvgIpc) is 2.40. The van der Waals surface area contributed by atoms with Crippen LogP contribution < -0.4 is 5.32 Å². The molecule has 0 radical (unpaired) electrons. The van der Waals surface area contributed by atoms with Gasteiger partial charge < -0.3 is 5.32 Å². The number of nitrogens with one attached hydrogen (secondary N) is 1. The molecule has 2 aromatic carbocycles. The van der Waals surface area contributed by atoms with E-state index in [-0.39, 0.29) is 11.9 Å². The molecular weight excluding hydrogens is 285 g/mol. The fourth-order valence-corrected chi connectivity index (χ4v) is 2.87. The van der Waals surface area contributed by atoms with E-state index in [4.69, 9.17) is 11.6 Å². The van der Waals surface area contributed by atoms with Crippen LogP contribution in [0.5, 0.6) is 0 Å². The molecule has 0 spiro atoms. The van der Waals surface area contributed by atoms with Gasteiger partial charge in [0, 0.05) is 16.6 Å². The minimum absolute atomic E-state index is 0.0308. The number of likely N-dealkylation sites (N-methyl/N-ethyl adjacent to an activating group) is 1. The maximum atomic E-state index is 14.4. The first kappa shape index (κ1) is 16.0. The lowest BCUT2D eigenvalue weighted by Crippen LogP contribution is -2.25. The average molecular weight is 306 g/mol. The van der Waals surface area contributed by atoms with E-state index in [1.807, 2.05) is 51.1 Å². The summed E-state index contributed by atoms with van der Waals surface area (Å²) in [6.07, 6.45) is 0.742. The summed E-state index contributed by atoms with van der Waals surface area (Å²) in [6, 6.07) is 11.3. The summed E-state index contributed by atoms with van der Waals surface area (Å²) in [5.74, 6) is -0.132. The molecule has 2 rings (SSSR count). The van der Waals surface area contributed by atoms with Crippen LogP contribution in [0.15, 0.2) is 36.4 Å². The number of halogens is 2. The Hall–Kier alpha value is -1.38. The van der Waals surface area contributed by atoms with Gasteiger partial charge in [-0.2, -0.15) is 0 Å². The Morgan fingerprint density at radius 1 is 1.14 bits per heavy atom. The van der Waals surface area contributed by atoms with Crippen molar-refractivity contribution in [2.45, 2.75) is 33.2 Å². The van der Waals surface area contributed by atoms with Crippen LogP contribution in [-0.2, 0) is 6.42 Å². The van der Waals surface area contributed by atoms with Gasteiger partial charge in [-0.1, -0.05) is 36.7 Å². The highest BCUT2D eigenvalue weighted by Crippen LogP contribution is 2.26. The number of rotatable bonds is 5. The molecule has 0 aliphatic carbocycles. The second-order valence-corrected chi connectivity index (χ2v) is 5.85. The van der Waals surface area contributed by atoms with Gasteiger partial charge in [0.05, 0.1) is 0 Å². The molecule has 21 heavy (non-hydrogen) atoms. The van der Waals surface area contributed by atoms with E-state index in [0.29, 0.717) is 0 Å². The van der Waals surface area contributed by atoms with Crippen LogP contribution in [0.25, 0.3) is 0 Å². The molecule has 2 aromatic rings. The second-order valence-electron chi connectivity index (χ2n) is 5.42. The van der Waals surface area contributed by atoms with E-state index in [2.05, 4.69) is 5.32 Å². The SMILES string of the molecule is CCNC(Cc1ccc(Cl)cc1)c1c(C)cc(C)cc1F. The second kappa shape index (κ2) is 7.06. The summed E-state index contributed by atoms with van der Waals surface area (Å²) >= 11 is 5.92. The quantitative estimate of drug-likeness (QED) is 0.820. The Labute approximate surface area is 131 Å². The molecule has 1 N–H and O–H groups in total. The molecule has 0 saturated heterocycles. The van der Waals surface area contributed by atoms with Gasteiger partial charge in [-0.05, 0) is 61.7 Å². The molecule has 0 fully saturated rings. The predicted molar refractivity (Wildman–Crippen MR) is 87.4 cm³/mol. The first-order valence-corrected chi connectivity index (χ1v) is 7.63. The van der Waals surface area contributed by atoms with Gasteiger partial charge in [0.1, 0.15) is 5.82 Å². The van der Waals surface area contributed by atoms with Crippen molar-refractivity contribution in [3.8, 4) is 0 Å².